The van der Waals surface area contributed by atoms with Gasteiger partial charge >= 0.3 is 5.97 Å². The lowest BCUT2D eigenvalue weighted by Gasteiger charge is -2.09. The number of esters is 1. The van der Waals surface area contributed by atoms with Gasteiger partial charge in [-0.05, 0) is 23.6 Å². The minimum atomic E-state index is -0.618. The summed E-state index contributed by atoms with van der Waals surface area (Å²) in [5.74, 6) is -0.393. The highest BCUT2D eigenvalue weighted by atomic mass is 35.5. The van der Waals surface area contributed by atoms with Gasteiger partial charge in [0.05, 0.1) is 12.8 Å². The van der Waals surface area contributed by atoms with E-state index in [2.05, 4.69) is 9.84 Å². The van der Waals surface area contributed by atoms with Gasteiger partial charge in [0.15, 0.2) is 0 Å². The fraction of sp³-hybridized carbons (Fsp3) is 0.286. The van der Waals surface area contributed by atoms with Gasteiger partial charge in [-0.25, -0.2) is 0 Å². The number of rotatable bonds is 4. The number of carbonyl (C=O) groups is 1. The summed E-state index contributed by atoms with van der Waals surface area (Å²) >= 11 is 0. The van der Waals surface area contributed by atoms with E-state index in [1.165, 1.54) is 7.11 Å². The summed E-state index contributed by atoms with van der Waals surface area (Å²) in [7, 11) is 3.24. The predicted octanol–water partition coefficient (Wildman–Crippen LogP) is 1.97. The molecule has 0 fully saturated rings. The second kappa shape index (κ2) is 8.67. The molecule has 1 aromatic heterocycles. The number of hydrogen-bond donors (Lipinski definition) is 1. The van der Waals surface area contributed by atoms with E-state index in [0.717, 1.165) is 16.8 Å². The Hall–Kier alpha value is -1.56. The first-order valence-electron chi connectivity index (χ1n) is 6.02. The largest absolute Gasteiger partial charge is 0.468 e. The molecule has 0 saturated heterocycles. The van der Waals surface area contributed by atoms with Crippen LogP contribution in [0.3, 0.4) is 0 Å². The molecule has 0 spiro atoms. The lowest BCUT2D eigenvalue weighted by atomic mass is 10.0. The number of nitrogens with zero attached hydrogens (tertiary/aromatic N) is 2. The predicted molar refractivity (Wildman–Crippen MR) is 86.8 cm³/mol. The fourth-order valence-electron chi connectivity index (χ4n) is 1.96. The van der Waals surface area contributed by atoms with Crippen LogP contribution in [-0.4, -0.2) is 28.9 Å². The lowest BCUT2D eigenvalue weighted by Crippen LogP contribution is -2.33. The van der Waals surface area contributed by atoms with Crippen LogP contribution in [0, 0.1) is 0 Å². The first-order chi connectivity index (χ1) is 9.11. The van der Waals surface area contributed by atoms with Crippen molar-refractivity contribution in [3.05, 3.63) is 42.1 Å². The zero-order chi connectivity index (χ0) is 13.8. The quantitative estimate of drug-likeness (QED) is 0.869. The number of methoxy groups -OCH3 is 1. The van der Waals surface area contributed by atoms with E-state index < -0.39 is 12.0 Å². The van der Waals surface area contributed by atoms with Gasteiger partial charge in [-0.15, -0.1) is 24.8 Å². The van der Waals surface area contributed by atoms with Crippen LogP contribution in [0.2, 0.25) is 0 Å². The van der Waals surface area contributed by atoms with Crippen LogP contribution in [0.1, 0.15) is 5.56 Å². The summed E-state index contributed by atoms with van der Waals surface area (Å²) in [5.41, 5.74) is 8.86. The Balaban J connectivity index is 0.00000200. The van der Waals surface area contributed by atoms with Crippen molar-refractivity contribution in [1.82, 2.24) is 9.78 Å². The number of hydrogen-bond acceptors (Lipinski definition) is 4. The Morgan fingerprint density at radius 3 is 2.38 bits per heavy atom. The number of nitrogens with two attached hydrogens (primary N) is 1. The van der Waals surface area contributed by atoms with Crippen LogP contribution < -0.4 is 5.73 Å². The molecular formula is C14H19Cl2N3O2. The number of carbonyl (C=O) groups excluding carboxylic acids is 1. The standard InChI is InChI=1S/C14H17N3O2.2ClH/c1-17-13(7-8-16-17)11-5-3-10(4-6-11)9-12(15)14(18)19-2;;/h3-8,12H,9,15H2,1-2H3;2*1H. The summed E-state index contributed by atoms with van der Waals surface area (Å²) in [6.07, 6.45) is 2.23. The molecule has 0 bridgehead atoms. The van der Waals surface area contributed by atoms with Gasteiger partial charge in [0.25, 0.3) is 0 Å². The number of aromatic nitrogens is 2. The number of halogens is 2. The second-order valence-electron chi connectivity index (χ2n) is 4.37. The van der Waals surface area contributed by atoms with Crippen LogP contribution >= 0.6 is 24.8 Å². The first-order valence-corrected chi connectivity index (χ1v) is 6.02. The van der Waals surface area contributed by atoms with E-state index in [-0.39, 0.29) is 24.8 Å². The van der Waals surface area contributed by atoms with Crippen LogP contribution in [0.5, 0.6) is 0 Å². The molecule has 2 rings (SSSR count). The van der Waals surface area contributed by atoms with Gasteiger partial charge in [-0.3, -0.25) is 9.48 Å². The van der Waals surface area contributed by atoms with Crippen molar-refractivity contribution >= 4 is 30.8 Å². The van der Waals surface area contributed by atoms with Crippen molar-refractivity contribution < 1.29 is 9.53 Å². The van der Waals surface area contributed by atoms with Crippen LogP contribution in [0.15, 0.2) is 36.5 Å². The molecule has 116 valence electrons. The number of ether oxygens (including phenoxy) is 1. The maximum Gasteiger partial charge on any atom is 0.322 e. The fourth-order valence-corrected chi connectivity index (χ4v) is 1.96. The molecule has 2 aromatic rings. The summed E-state index contributed by atoms with van der Waals surface area (Å²) in [6, 6.07) is 9.26. The molecule has 1 unspecified atom stereocenters. The third-order valence-electron chi connectivity index (χ3n) is 3.03. The third-order valence-corrected chi connectivity index (χ3v) is 3.03. The minimum absolute atomic E-state index is 0. The highest BCUT2D eigenvalue weighted by Crippen LogP contribution is 2.19. The molecule has 0 aliphatic carbocycles. The monoisotopic (exact) mass is 331 g/mol. The van der Waals surface area contributed by atoms with Gasteiger partial charge in [0.2, 0.25) is 0 Å². The Labute approximate surface area is 136 Å². The molecular weight excluding hydrogens is 313 g/mol. The Morgan fingerprint density at radius 2 is 1.90 bits per heavy atom. The van der Waals surface area contributed by atoms with Gasteiger partial charge in [-0.1, -0.05) is 24.3 Å². The zero-order valence-electron chi connectivity index (χ0n) is 11.9. The van der Waals surface area contributed by atoms with Gasteiger partial charge in [0, 0.05) is 13.2 Å². The minimum Gasteiger partial charge on any atom is -0.468 e. The molecule has 2 N–H and O–H groups in total. The molecule has 1 heterocycles. The summed E-state index contributed by atoms with van der Waals surface area (Å²) < 4.78 is 6.42. The average molecular weight is 332 g/mol. The Morgan fingerprint density at radius 1 is 1.29 bits per heavy atom. The summed E-state index contributed by atoms with van der Waals surface area (Å²) in [6.45, 7) is 0. The average Bonchev–Trinajstić information content (AvgIpc) is 2.85. The lowest BCUT2D eigenvalue weighted by molar-refractivity contribution is -0.142. The smallest absolute Gasteiger partial charge is 0.322 e. The molecule has 0 aliphatic heterocycles. The van der Waals surface area contributed by atoms with Crippen LogP contribution in [0.25, 0.3) is 11.3 Å². The molecule has 0 aliphatic rings. The van der Waals surface area contributed by atoms with Crippen molar-refractivity contribution in [2.75, 3.05) is 7.11 Å². The van der Waals surface area contributed by atoms with E-state index in [1.54, 1.807) is 6.20 Å². The SMILES string of the molecule is COC(=O)C(N)Cc1ccc(-c2ccnn2C)cc1.Cl.Cl. The second-order valence-corrected chi connectivity index (χ2v) is 4.37. The van der Waals surface area contributed by atoms with E-state index in [9.17, 15) is 4.79 Å². The van der Waals surface area contributed by atoms with Crippen molar-refractivity contribution in [3.8, 4) is 11.3 Å². The number of aryl methyl sites for hydroxylation is 1. The summed E-state index contributed by atoms with van der Waals surface area (Å²) in [4.78, 5) is 11.3. The topological polar surface area (TPSA) is 70.1 Å². The Kier molecular flexibility index (Phi) is 8.02. The van der Waals surface area contributed by atoms with E-state index >= 15 is 0 Å². The van der Waals surface area contributed by atoms with Crippen molar-refractivity contribution in [2.45, 2.75) is 12.5 Å². The highest BCUT2D eigenvalue weighted by Gasteiger charge is 2.14. The normalized spacial score (nSPS) is 11.0. The van der Waals surface area contributed by atoms with Crippen LogP contribution in [-0.2, 0) is 23.0 Å². The van der Waals surface area contributed by atoms with E-state index in [4.69, 9.17) is 5.73 Å². The third kappa shape index (κ3) is 4.74. The zero-order valence-corrected chi connectivity index (χ0v) is 13.5. The molecule has 0 amide bonds. The maximum atomic E-state index is 11.3. The maximum absolute atomic E-state index is 11.3. The van der Waals surface area contributed by atoms with Crippen LogP contribution in [0.4, 0.5) is 0 Å². The van der Waals surface area contributed by atoms with Gasteiger partial charge in [-0.2, -0.15) is 5.10 Å². The molecule has 0 radical (unpaired) electrons. The number of benzene rings is 1. The van der Waals surface area contributed by atoms with Crippen molar-refractivity contribution in [2.24, 2.45) is 12.8 Å². The molecule has 1 atom stereocenters. The molecule has 21 heavy (non-hydrogen) atoms. The molecule has 5 nitrogen and oxygen atoms in total. The molecule has 1 aromatic carbocycles. The first kappa shape index (κ1) is 19.4. The Bertz CT molecular complexity index is 570. The van der Waals surface area contributed by atoms with Crippen molar-refractivity contribution in [1.29, 1.82) is 0 Å². The molecule has 0 saturated carbocycles. The van der Waals surface area contributed by atoms with Gasteiger partial charge in [0.1, 0.15) is 6.04 Å². The molecule has 7 heteroatoms. The van der Waals surface area contributed by atoms with E-state index in [0.29, 0.717) is 6.42 Å². The van der Waals surface area contributed by atoms with E-state index in [1.807, 2.05) is 42.1 Å². The van der Waals surface area contributed by atoms with Gasteiger partial charge < -0.3 is 10.5 Å². The summed E-state index contributed by atoms with van der Waals surface area (Å²) in [5, 5.41) is 4.13. The van der Waals surface area contributed by atoms with Crippen molar-refractivity contribution in [3.63, 3.8) is 0 Å². The highest BCUT2D eigenvalue weighted by molar-refractivity contribution is 5.85.